The first-order valence-electron chi connectivity index (χ1n) is 5.21. The molecule has 18 heavy (non-hydrogen) atoms. The zero-order valence-corrected chi connectivity index (χ0v) is 9.46. The van der Waals surface area contributed by atoms with Crippen molar-refractivity contribution < 1.29 is 33.0 Å². The SMILES string of the molecule is O=C(NCCCC(F)(F)F)NCC[C@H](O)C(=O)O. The minimum Gasteiger partial charge on any atom is -0.479 e. The van der Waals surface area contributed by atoms with Crippen LogP contribution >= 0.6 is 0 Å². The van der Waals surface area contributed by atoms with Gasteiger partial charge in [0.05, 0.1) is 0 Å². The van der Waals surface area contributed by atoms with Crippen LogP contribution < -0.4 is 10.6 Å². The van der Waals surface area contributed by atoms with Gasteiger partial charge in [-0.2, -0.15) is 13.2 Å². The van der Waals surface area contributed by atoms with Gasteiger partial charge in [-0.25, -0.2) is 9.59 Å². The maximum Gasteiger partial charge on any atom is 0.389 e. The van der Waals surface area contributed by atoms with Gasteiger partial charge in [-0.3, -0.25) is 0 Å². The number of urea groups is 1. The third-order valence-corrected chi connectivity index (χ3v) is 1.91. The number of aliphatic carboxylic acids is 1. The molecule has 0 rings (SSSR count). The van der Waals surface area contributed by atoms with Crippen LogP contribution in [0.25, 0.3) is 0 Å². The van der Waals surface area contributed by atoms with E-state index in [4.69, 9.17) is 10.2 Å². The Morgan fingerprint density at radius 2 is 1.72 bits per heavy atom. The number of aliphatic hydroxyl groups excluding tert-OH is 1. The van der Waals surface area contributed by atoms with Crippen LogP contribution in [0.1, 0.15) is 19.3 Å². The molecule has 0 aromatic heterocycles. The minimum absolute atomic E-state index is 0.0848. The number of carbonyl (C=O) groups is 2. The second kappa shape index (κ2) is 7.75. The Morgan fingerprint density at radius 1 is 1.17 bits per heavy atom. The third-order valence-electron chi connectivity index (χ3n) is 1.91. The standard InChI is InChI=1S/C9H15F3N2O4/c10-9(11,12)3-1-4-13-8(18)14-5-2-6(15)7(16)17/h6,15H,1-5H2,(H,16,17)(H2,13,14,18)/t6-/m0/s1. The largest absolute Gasteiger partial charge is 0.479 e. The molecule has 0 bridgehead atoms. The van der Waals surface area contributed by atoms with Crippen LogP contribution in [0.15, 0.2) is 0 Å². The molecule has 1 atom stereocenters. The van der Waals surface area contributed by atoms with Gasteiger partial charge in [-0.1, -0.05) is 0 Å². The summed E-state index contributed by atoms with van der Waals surface area (Å²) >= 11 is 0. The van der Waals surface area contributed by atoms with E-state index in [1.54, 1.807) is 0 Å². The van der Waals surface area contributed by atoms with Crippen LogP contribution in [0, 0.1) is 0 Å². The Hall–Kier alpha value is -1.51. The van der Waals surface area contributed by atoms with Crippen molar-refractivity contribution in [3.63, 3.8) is 0 Å². The molecule has 0 saturated heterocycles. The summed E-state index contributed by atoms with van der Waals surface area (Å²) in [4.78, 5) is 21.2. The number of aliphatic hydroxyl groups is 1. The van der Waals surface area contributed by atoms with Crippen LogP contribution in [-0.2, 0) is 4.79 Å². The molecular formula is C9H15F3N2O4. The molecule has 106 valence electrons. The van der Waals surface area contributed by atoms with Crippen molar-refractivity contribution in [3.05, 3.63) is 0 Å². The second-order valence-electron chi connectivity index (χ2n) is 3.54. The number of nitrogens with one attached hydrogen (secondary N) is 2. The molecule has 4 N–H and O–H groups in total. The summed E-state index contributed by atoms with van der Waals surface area (Å²) < 4.78 is 35.2. The monoisotopic (exact) mass is 272 g/mol. The third kappa shape index (κ3) is 9.70. The van der Waals surface area contributed by atoms with Crippen molar-refractivity contribution in [2.75, 3.05) is 13.1 Å². The number of carbonyl (C=O) groups excluding carboxylic acids is 1. The smallest absolute Gasteiger partial charge is 0.389 e. The lowest BCUT2D eigenvalue weighted by molar-refractivity contribution is -0.146. The number of carboxylic acids is 1. The number of carboxylic acid groups (broad SMARTS) is 1. The van der Waals surface area contributed by atoms with Crippen molar-refractivity contribution in [2.24, 2.45) is 0 Å². The molecule has 0 fully saturated rings. The molecule has 0 saturated carbocycles. The van der Waals surface area contributed by atoms with E-state index in [1.807, 2.05) is 0 Å². The van der Waals surface area contributed by atoms with Gasteiger partial charge in [0.25, 0.3) is 0 Å². The summed E-state index contributed by atoms with van der Waals surface area (Å²) in [6.07, 6.45) is -7.20. The highest BCUT2D eigenvalue weighted by molar-refractivity contribution is 5.74. The van der Waals surface area contributed by atoms with E-state index in [9.17, 15) is 22.8 Å². The van der Waals surface area contributed by atoms with Crippen molar-refractivity contribution in [1.82, 2.24) is 10.6 Å². The Kier molecular flexibility index (Phi) is 7.10. The number of hydrogen-bond donors (Lipinski definition) is 4. The summed E-state index contributed by atoms with van der Waals surface area (Å²) in [5.74, 6) is -1.40. The molecule has 0 unspecified atom stereocenters. The molecule has 0 aromatic carbocycles. The van der Waals surface area contributed by atoms with Crippen LogP contribution in [0.2, 0.25) is 0 Å². The molecule has 0 spiro atoms. The fraction of sp³-hybridized carbons (Fsp3) is 0.778. The summed E-state index contributed by atoms with van der Waals surface area (Å²) in [5.41, 5.74) is 0. The molecule has 0 heterocycles. The van der Waals surface area contributed by atoms with Gasteiger partial charge in [0, 0.05) is 25.9 Å². The van der Waals surface area contributed by atoms with E-state index in [0.717, 1.165) is 0 Å². The molecule has 0 aromatic rings. The molecule has 0 aliphatic rings. The lowest BCUT2D eigenvalue weighted by atomic mass is 10.2. The summed E-state index contributed by atoms with van der Waals surface area (Å²) in [6, 6.07) is -0.699. The zero-order valence-electron chi connectivity index (χ0n) is 9.46. The van der Waals surface area contributed by atoms with Crippen LogP contribution in [0.4, 0.5) is 18.0 Å². The summed E-state index contributed by atoms with van der Waals surface area (Å²) in [5, 5.41) is 21.5. The average molecular weight is 272 g/mol. The number of hydrogen-bond acceptors (Lipinski definition) is 3. The van der Waals surface area contributed by atoms with E-state index in [-0.39, 0.29) is 25.9 Å². The molecule has 6 nitrogen and oxygen atoms in total. The minimum atomic E-state index is -4.25. The lowest BCUT2D eigenvalue weighted by Gasteiger charge is -2.09. The van der Waals surface area contributed by atoms with E-state index in [1.165, 1.54) is 0 Å². The highest BCUT2D eigenvalue weighted by atomic mass is 19.4. The first-order valence-corrected chi connectivity index (χ1v) is 5.21. The number of rotatable bonds is 7. The average Bonchev–Trinajstić information content (AvgIpc) is 2.22. The van der Waals surface area contributed by atoms with Gasteiger partial charge in [-0.15, -0.1) is 0 Å². The van der Waals surface area contributed by atoms with Gasteiger partial charge in [-0.05, 0) is 6.42 Å². The Bertz CT molecular complexity index is 283. The molecular weight excluding hydrogens is 257 g/mol. The van der Waals surface area contributed by atoms with Crippen molar-refractivity contribution in [3.8, 4) is 0 Å². The van der Waals surface area contributed by atoms with Crippen molar-refractivity contribution in [1.29, 1.82) is 0 Å². The Labute approximate surface area is 101 Å². The molecule has 2 amide bonds. The van der Waals surface area contributed by atoms with Gasteiger partial charge in [0.2, 0.25) is 0 Å². The zero-order chi connectivity index (χ0) is 14.2. The maximum absolute atomic E-state index is 11.7. The molecule has 0 aliphatic heterocycles. The van der Waals surface area contributed by atoms with Crippen molar-refractivity contribution >= 4 is 12.0 Å². The first kappa shape index (κ1) is 16.5. The molecule has 9 heteroatoms. The van der Waals surface area contributed by atoms with E-state index in [0.29, 0.717) is 0 Å². The fourth-order valence-corrected chi connectivity index (χ4v) is 0.999. The molecule has 0 aliphatic carbocycles. The van der Waals surface area contributed by atoms with E-state index >= 15 is 0 Å². The van der Waals surface area contributed by atoms with Crippen LogP contribution in [0.3, 0.4) is 0 Å². The van der Waals surface area contributed by atoms with E-state index < -0.39 is 30.7 Å². The van der Waals surface area contributed by atoms with Gasteiger partial charge < -0.3 is 20.8 Å². The van der Waals surface area contributed by atoms with Gasteiger partial charge in [0.1, 0.15) is 0 Å². The Morgan fingerprint density at radius 3 is 2.22 bits per heavy atom. The van der Waals surface area contributed by atoms with Crippen LogP contribution in [-0.4, -0.2) is 47.6 Å². The number of halogens is 3. The number of amides is 2. The highest BCUT2D eigenvalue weighted by Gasteiger charge is 2.25. The predicted octanol–water partition coefficient (Wildman–Crippen LogP) is 0.464. The fourth-order valence-electron chi connectivity index (χ4n) is 0.999. The summed E-state index contributed by atoms with van der Waals surface area (Å²) in [7, 11) is 0. The van der Waals surface area contributed by atoms with Crippen LogP contribution in [0.5, 0.6) is 0 Å². The lowest BCUT2D eigenvalue weighted by Crippen LogP contribution is -2.38. The van der Waals surface area contributed by atoms with E-state index in [2.05, 4.69) is 10.6 Å². The first-order chi connectivity index (χ1) is 8.22. The van der Waals surface area contributed by atoms with Crippen molar-refractivity contribution in [2.45, 2.75) is 31.5 Å². The van der Waals surface area contributed by atoms with Gasteiger partial charge >= 0.3 is 18.2 Å². The quantitative estimate of drug-likeness (QED) is 0.506. The number of alkyl halides is 3. The maximum atomic E-state index is 11.7. The Balaban J connectivity index is 3.52. The van der Waals surface area contributed by atoms with Gasteiger partial charge in [0.15, 0.2) is 6.10 Å². The summed E-state index contributed by atoms with van der Waals surface area (Å²) in [6.45, 7) is -0.217. The normalized spacial score (nSPS) is 12.9. The highest BCUT2D eigenvalue weighted by Crippen LogP contribution is 2.20. The molecule has 0 radical (unpaired) electrons. The predicted molar refractivity (Wildman–Crippen MR) is 55.0 cm³/mol. The second-order valence-corrected chi connectivity index (χ2v) is 3.54. The topological polar surface area (TPSA) is 98.7 Å².